The van der Waals surface area contributed by atoms with Crippen LogP contribution in [0.3, 0.4) is 0 Å². The van der Waals surface area contributed by atoms with E-state index in [2.05, 4.69) is 9.64 Å². The van der Waals surface area contributed by atoms with Crippen LogP contribution in [-0.4, -0.2) is 76.7 Å². The minimum Gasteiger partial charge on any atom is -0.493 e. The van der Waals surface area contributed by atoms with Gasteiger partial charge in [-0.2, -0.15) is 0 Å². The monoisotopic (exact) mass is 378 g/mol. The molecule has 0 saturated heterocycles. The third-order valence-corrected chi connectivity index (χ3v) is 3.98. The molecule has 27 heavy (non-hydrogen) atoms. The first-order valence-electron chi connectivity index (χ1n) is 8.81. The lowest BCUT2D eigenvalue weighted by Crippen LogP contribution is -2.34. The van der Waals surface area contributed by atoms with Crippen LogP contribution < -0.4 is 9.47 Å². The molecule has 0 aliphatic rings. The zero-order valence-corrected chi connectivity index (χ0v) is 16.9. The molecule has 0 atom stereocenters. The summed E-state index contributed by atoms with van der Waals surface area (Å²) in [7, 11) is 8.45. The van der Waals surface area contributed by atoms with Gasteiger partial charge in [0, 0.05) is 19.2 Å². The molecule has 0 aliphatic heterocycles. The van der Waals surface area contributed by atoms with Crippen molar-refractivity contribution in [3.8, 4) is 11.5 Å². The maximum atomic E-state index is 12.6. The van der Waals surface area contributed by atoms with Crippen LogP contribution in [0.2, 0.25) is 0 Å². The first-order chi connectivity index (χ1) is 12.9. The van der Waals surface area contributed by atoms with Crippen LogP contribution in [0.25, 0.3) is 6.08 Å². The summed E-state index contributed by atoms with van der Waals surface area (Å²) in [5.41, 5.74) is 0.821. The largest absolute Gasteiger partial charge is 0.493 e. The fourth-order valence-electron chi connectivity index (χ4n) is 2.47. The number of carbonyl (C=O) groups is 2. The standard InChI is InChI=1S/C20H30N2O5/c1-21(2)12-6-13-22(14-11-20(24)27-5)19(23)10-8-16-7-9-17(25-3)18(15-16)26-4/h7-10,15H,6,11-14H2,1-5H3/b10-8+. The van der Waals surface area contributed by atoms with Gasteiger partial charge in [-0.15, -0.1) is 0 Å². The number of amides is 1. The lowest BCUT2D eigenvalue weighted by atomic mass is 10.2. The van der Waals surface area contributed by atoms with Gasteiger partial charge in [0.15, 0.2) is 11.5 Å². The number of esters is 1. The highest BCUT2D eigenvalue weighted by Gasteiger charge is 2.13. The summed E-state index contributed by atoms with van der Waals surface area (Å²) >= 11 is 0. The second-order valence-corrected chi connectivity index (χ2v) is 6.26. The van der Waals surface area contributed by atoms with Gasteiger partial charge in [-0.1, -0.05) is 6.07 Å². The van der Waals surface area contributed by atoms with Crippen LogP contribution in [0.4, 0.5) is 0 Å². The van der Waals surface area contributed by atoms with Crippen molar-refractivity contribution in [3.05, 3.63) is 29.8 Å². The minimum atomic E-state index is -0.329. The maximum Gasteiger partial charge on any atom is 0.307 e. The Morgan fingerprint density at radius 3 is 2.30 bits per heavy atom. The second kappa shape index (κ2) is 12.0. The molecule has 0 fully saturated rings. The summed E-state index contributed by atoms with van der Waals surface area (Å²) in [5, 5.41) is 0. The number of hydrogen-bond acceptors (Lipinski definition) is 6. The van der Waals surface area contributed by atoms with Gasteiger partial charge in [0.1, 0.15) is 0 Å². The Kier molecular flexibility index (Phi) is 9.96. The van der Waals surface area contributed by atoms with Crippen LogP contribution in [0.15, 0.2) is 24.3 Å². The van der Waals surface area contributed by atoms with E-state index in [0.29, 0.717) is 24.6 Å². The summed E-state index contributed by atoms with van der Waals surface area (Å²) < 4.78 is 15.2. The third-order valence-electron chi connectivity index (χ3n) is 3.98. The minimum absolute atomic E-state index is 0.146. The Labute approximate surface area is 161 Å². The topological polar surface area (TPSA) is 68.3 Å². The Balaban J connectivity index is 2.80. The van der Waals surface area contributed by atoms with Crippen molar-refractivity contribution >= 4 is 18.0 Å². The van der Waals surface area contributed by atoms with E-state index in [4.69, 9.17) is 9.47 Å². The van der Waals surface area contributed by atoms with Gasteiger partial charge in [0.05, 0.1) is 27.8 Å². The van der Waals surface area contributed by atoms with Gasteiger partial charge in [-0.05, 0) is 50.8 Å². The molecule has 0 bridgehead atoms. The molecule has 1 aromatic rings. The van der Waals surface area contributed by atoms with Crippen molar-refractivity contribution in [2.45, 2.75) is 12.8 Å². The van der Waals surface area contributed by atoms with Crippen LogP contribution in [0.1, 0.15) is 18.4 Å². The molecule has 0 aromatic heterocycles. The first kappa shape index (κ1) is 22.5. The van der Waals surface area contributed by atoms with E-state index in [-0.39, 0.29) is 18.3 Å². The number of methoxy groups -OCH3 is 3. The first-order valence-corrected chi connectivity index (χ1v) is 8.81. The molecule has 0 radical (unpaired) electrons. The van der Waals surface area contributed by atoms with E-state index in [1.165, 1.54) is 13.2 Å². The lowest BCUT2D eigenvalue weighted by molar-refractivity contribution is -0.141. The van der Waals surface area contributed by atoms with Gasteiger partial charge < -0.3 is 24.0 Å². The summed E-state index contributed by atoms with van der Waals surface area (Å²) in [4.78, 5) is 27.7. The van der Waals surface area contributed by atoms with Gasteiger partial charge in [-0.25, -0.2) is 0 Å². The van der Waals surface area contributed by atoms with E-state index >= 15 is 0 Å². The highest BCUT2D eigenvalue weighted by molar-refractivity contribution is 5.92. The number of carbonyl (C=O) groups excluding carboxylic acids is 2. The number of benzene rings is 1. The van der Waals surface area contributed by atoms with Crippen molar-refractivity contribution < 1.29 is 23.8 Å². The van der Waals surface area contributed by atoms with E-state index in [0.717, 1.165) is 18.5 Å². The number of rotatable bonds is 11. The summed E-state index contributed by atoms with van der Waals surface area (Å²) in [5.74, 6) is 0.752. The van der Waals surface area contributed by atoms with Gasteiger partial charge >= 0.3 is 5.97 Å². The van der Waals surface area contributed by atoms with E-state index in [9.17, 15) is 9.59 Å². The number of ether oxygens (including phenoxy) is 3. The fraction of sp³-hybridized carbons (Fsp3) is 0.500. The fourth-order valence-corrected chi connectivity index (χ4v) is 2.47. The van der Waals surface area contributed by atoms with Crippen molar-refractivity contribution in [2.24, 2.45) is 0 Å². The summed E-state index contributed by atoms with van der Waals surface area (Å²) in [6, 6.07) is 5.43. The predicted molar refractivity (Wildman–Crippen MR) is 105 cm³/mol. The van der Waals surface area contributed by atoms with Crippen LogP contribution >= 0.6 is 0 Å². The SMILES string of the molecule is COC(=O)CCN(CCCN(C)C)C(=O)/C=C/c1ccc(OC)c(OC)c1. The lowest BCUT2D eigenvalue weighted by Gasteiger charge is -2.21. The zero-order chi connectivity index (χ0) is 20.2. The summed E-state index contributed by atoms with van der Waals surface area (Å²) in [6.45, 7) is 1.76. The van der Waals surface area contributed by atoms with Crippen LogP contribution in [0, 0.1) is 0 Å². The molecule has 7 nitrogen and oxygen atoms in total. The van der Waals surface area contributed by atoms with Gasteiger partial charge in [-0.3, -0.25) is 9.59 Å². The molecule has 0 unspecified atom stereocenters. The third kappa shape index (κ3) is 8.13. The predicted octanol–water partition coefficient (Wildman–Crippen LogP) is 2.06. The van der Waals surface area contributed by atoms with Gasteiger partial charge in [0.2, 0.25) is 5.91 Å². The summed E-state index contributed by atoms with van der Waals surface area (Å²) in [6.07, 6.45) is 4.23. The number of hydrogen-bond donors (Lipinski definition) is 0. The molecule has 0 aliphatic carbocycles. The molecule has 1 rings (SSSR count). The van der Waals surface area contributed by atoms with Crippen molar-refractivity contribution in [1.82, 2.24) is 9.80 Å². The smallest absolute Gasteiger partial charge is 0.307 e. The molecular weight excluding hydrogens is 348 g/mol. The highest BCUT2D eigenvalue weighted by Crippen LogP contribution is 2.27. The molecule has 1 aromatic carbocycles. The highest BCUT2D eigenvalue weighted by atomic mass is 16.5. The Morgan fingerprint density at radius 2 is 1.70 bits per heavy atom. The van der Waals surface area contributed by atoms with E-state index in [1.54, 1.807) is 37.3 Å². The zero-order valence-electron chi connectivity index (χ0n) is 16.9. The molecule has 0 saturated carbocycles. The van der Waals surface area contributed by atoms with Crippen molar-refractivity contribution in [2.75, 3.05) is 55.1 Å². The Morgan fingerprint density at radius 1 is 1.00 bits per heavy atom. The molecule has 0 heterocycles. The Hall–Kier alpha value is -2.54. The molecule has 0 spiro atoms. The number of nitrogens with zero attached hydrogens (tertiary/aromatic N) is 2. The quantitative estimate of drug-likeness (QED) is 0.434. The average molecular weight is 378 g/mol. The van der Waals surface area contributed by atoms with Crippen LogP contribution in [-0.2, 0) is 14.3 Å². The molecule has 150 valence electrons. The van der Waals surface area contributed by atoms with Gasteiger partial charge in [0.25, 0.3) is 0 Å². The van der Waals surface area contributed by atoms with Crippen molar-refractivity contribution in [1.29, 1.82) is 0 Å². The molecule has 7 heteroatoms. The van der Waals surface area contributed by atoms with E-state index in [1.807, 2.05) is 20.2 Å². The molecule has 1 amide bonds. The van der Waals surface area contributed by atoms with Crippen molar-refractivity contribution in [3.63, 3.8) is 0 Å². The van der Waals surface area contributed by atoms with Crippen LogP contribution in [0.5, 0.6) is 11.5 Å². The maximum absolute atomic E-state index is 12.6. The Bertz CT molecular complexity index is 643. The normalized spacial score (nSPS) is 10.9. The molecule has 0 N–H and O–H groups in total. The second-order valence-electron chi connectivity index (χ2n) is 6.26. The molecular formula is C20H30N2O5. The van der Waals surface area contributed by atoms with E-state index < -0.39 is 0 Å². The average Bonchev–Trinajstić information content (AvgIpc) is 2.67.